The third-order valence-corrected chi connectivity index (χ3v) is 1.73. The largest absolute Gasteiger partial charge is 0.369 e. The van der Waals surface area contributed by atoms with Crippen LogP contribution < -0.4 is 5.32 Å². The fourth-order valence-corrected chi connectivity index (χ4v) is 1.17. The van der Waals surface area contributed by atoms with Crippen LogP contribution in [-0.2, 0) is 6.42 Å². The molecule has 1 aromatic carbocycles. The fourth-order valence-electron chi connectivity index (χ4n) is 1.17. The van der Waals surface area contributed by atoms with Gasteiger partial charge in [-0.1, -0.05) is 18.2 Å². The maximum Gasteiger partial charge on any atom is 0.138 e. The lowest BCUT2D eigenvalue weighted by Crippen LogP contribution is -2.16. The van der Waals surface area contributed by atoms with E-state index in [0.717, 1.165) is 5.69 Å². The van der Waals surface area contributed by atoms with Gasteiger partial charge in [0, 0.05) is 17.8 Å². The molecule has 54 valence electrons. The maximum atomic E-state index is 7.35. The van der Waals surface area contributed by atoms with Gasteiger partial charge >= 0.3 is 0 Å². The lowest BCUT2D eigenvalue weighted by atomic mass is 10.0. The molecule has 0 aliphatic carbocycles. The average molecular weight is 144 g/mol. The molecule has 0 atom stereocenters. The van der Waals surface area contributed by atoms with E-state index in [1.54, 1.807) is 0 Å². The van der Waals surface area contributed by atoms with Crippen molar-refractivity contribution in [3.05, 3.63) is 36.4 Å². The van der Waals surface area contributed by atoms with E-state index in [1.165, 1.54) is 5.56 Å². The topological polar surface area (TPSA) is 35.9 Å². The van der Waals surface area contributed by atoms with Crippen molar-refractivity contribution in [1.82, 2.24) is 0 Å². The number of hydrogen-bond acceptors (Lipinski definition) is 2. The quantitative estimate of drug-likeness (QED) is 0.571. The van der Waals surface area contributed by atoms with E-state index >= 15 is 0 Å². The molecule has 1 heterocycles. The summed E-state index contributed by atoms with van der Waals surface area (Å²) in [6.45, 7) is 2.77. The Morgan fingerprint density at radius 2 is 2.18 bits per heavy atom. The molecule has 11 heavy (non-hydrogen) atoms. The van der Waals surface area contributed by atoms with Gasteiger partial charge in [-0.05, 0) is 11.6 Å². The minimum atomic E-state index is 0.517. The van der Waals surface area contributed by atoms with Gasteiger partial charge in [-0.2, -0.15) is 0 Å². The second-order valence-corrected chi connectivity index (χ2v) is 2.56. The van der Waals surface area contributed by atoms with E-state index in [0.29, 0.717) is 12.1 Å². The summed E-state index contributed by atoms with van der Waals surface area (Å²) in [5.41, 5.74) is 2.77. The van der Waals surface area contributed by atoms with Crippen molar-refractivity contribution in [1.29, 1.82) is 5.41 Å². The third-order valence-electron chi connectivity index (χ3n) is 1.73. The molecule has 0 aromatic heterocycles. The normalized spacial score (nSPS) is 15.5. The highest BCUT2D eigenvalue weighted by molar-refractivity contribution is 5.97. The first-order valence-electron chi connectivity index (χ1n) is 3.53. The number of para-hydroxylation sites is 1. The molecule has 0 unspecified atom stereocenters. The Morgan fingerprint density at radius 3 is 3.09 bits per heavy atom. The molecule has 1 aliphatic rings. The molecule has 1 aliphatic heterocycles. The summed E-state index contributed by atoms with van der Waals surface area (Å²) in [5, 5.41) is 10.3. The van der Waals surface area contributed by atoms with Gasteiger partial charge in [0.2, 0.25) is 0 Å². The van der Waals surface area contributed by atoms with Crippen LogP contribution in [0.25, 0.3) is 0 Å². The van der Waals surface area contributed by atoms with E-state index in [9.17, 15) is 0 Å². The molecular weight excluding hydrogens is 136 g/mol. The number of fused-ring (bicyclic) bond motifs is 1. The molecule has 0 bridgehead atoms. The van der Waals surface area contributed by atoms with Gasteiger partial charge in [0.05, 0.1) is 0 Å². The Kier molecular flexibility index (Phi) is 1.39. The molecule has 0 amide bonds. The summed E-state index contributed by atoms with van der Waals surface area (Å²) >= 11 is 0. The smallest absolute Gasteiger partial charge is 0.138 e. The van der Waals surface area contributed by atoms with E-state index in [-0.39, 0.29) is 0 Å². The van der Waals surface area contributed by atoms with Crippen molar-refractivity contribution >= 4 is 11.4 Å². The minimum Gasteiger partial charge on any atom is -0.369 e. The highest BCUT2D eigenvalue weighted by atomic mass is 14.9. The van der Waals surface area contributed by atoms with E-state index < -0.39 is 0 Å². The van der Waals surface area contributed by atoms with Crippen LogP contribution in [-0.4, -0.2) is 5.71 Å². The first kappa shape index (κ1) is 6.40. The highest BCUT2D eigenvalue weighted by Gasteiger charge is 2.11. The van der Waals surface area contributed by atoms with Crippen molar-refractivity contribution in [2.45, 2.75) is 6.42 Å². The Labute approximate surface area is 65.8 Å². The molecule has 1 aromatic rings. The second kappa shape index (κ2) is 2.38. The molecular formula is C9H8N2. The van der Waals surface area contributed by atoms with Crippen LogP contribution in [0.5, 0.6) is 0 Å². The lowest BCUT2D eigenvalue weighted by molar-refractivity contribution is 1.21. The predicted molar refractivity (Wildman–Crippen MR) is 44.7 cm³/mol. The van der Waals surface area contributed by atoms with Crippen molar-refractivity contribution in [2.24, 2.45) is 0 Å². The Morgan fingerprint density at radius 1 is 1.36 bits per heavy atom. The maximum absolute atomic E-state index is 7.35. The molecule has 2 radical (unpaired) electrons. The van der Waals surface area contributed by atoms with E-state index in [1.807, 2.05) is 24.3 Å². The van der Waals surface area contributed by atoms with Gasteiger partial charge in [0.25, 0.3) is 0 Å². The van der Waals surface area contributed by atoms with E-state index in [4.69, 9.17) is 5.41 Å². The standard InChI is InChI=1S/C9H8N2/c10-8-5-7-3-1-2-4-9(7)11-6-8/h1-4,10-11H,5H2. The Balaban J connectivity index is 2.41. The monoisotopic (exact) mass is 144 g/mol. The first-order valence-corrected chi connectivity index (χ1v) is 3.53. The van der Waals surface area contributed by atoms with Crippen LogP contribution in [0, 0.1) is 12.0 Å². The Bertz CT molecular complexity index is 291. The zero-order chi connectivity index (χ0) is 7.68. The summed E-state index contributed by atoms with van der Waals surface area (Å²) < 4.78 is 0. The fraction of sp³-hybridized carbons (Fsp3) is 0.111. The van der Waals surface area contributed by atoms with Gasteiger partial charge in [0.1, 0.15) is 6.54 Å². The van der Waals surface area contributed by atoms with Crippen molar-refractivity contribution < 1.29 is 0 Å². The molecule has 2 nitrogen and oxygen atoms in total. The van der Waals surface area contributed by atoms with Crippen LogP contribution in [0.3, 0.4) is 0 Å². The number of anilines is 1. The number of benzene rings is 1. The molecule has 0 saturated heterocycles. The van der Waals surface area contributed by atoms with Gasteiger partial charge in [0.15, 0.2) is 0 Å². The van der Waals surface area contributed by atoms with Gasteiger partial charge < -0.3 is 10.7 Å². The number of hydrogen-bond donors (Lipinski definition) is 2. The summed E-state index contributed by atoms with van der Waals surface area (Å²) in [6.07, 6.45) is 0.698. The van der Waals surface area contributed by atoms with Gasteiger partial charge in [-0.3, -0.25) is 0 Å². The third kappa shape index (κ3) is 1.11. The summed E-state index contributed by atoms with van der Waals surface area (Å²) in [7, 11) is 0. The Hall–Kier alpha value is -1.31. The summed E-state index contributed by atoms with van der Waals surface area (Å²) in [5.74, 6) is 0. The zero-order valence-electron chi connectivity index (χ0n) is 6.02. The summed E-state index contributed by atoms with van der Waals surface area (Å²) in [4.78, 5) is 0. The molecule has 0 saturated carbocycles. The van der Waals surface area contributed by atoms with Gasteiger partial charge in [-0.25, -0.2) is 0 Å². The lowest BCUT2D eigenvalue weighted by Gasteiger charge is -2.16. The van der Waals surface area contributed by atoms with Crippen molar-refractivity contribution in [2.75, 3.05) is 5.32 Å². The van der Waals surface area contributed by atoms with Crippen LogP contribution >= 0.6 is 0 Å². The van der Waals surface area contributed by atoms with Crippen molar-refractivity contribution in [3.8, 4) is 0 Å². The number of rotatable bonds is 0. The molecule has 0 spiro atoms. The zero-order valence-corrected chi connectivity index (χ0v) is 6.02. The minimum absolute atomic E-state index is 0.517. The van der Waals surface area contributed by atoms with Crippen molar-refractivity contribution in [3.63, 3.8) is 0 Å². The van der Waals surface area contributed by atoms with Gasteiger partial charge in [-0.15, -0.1) is 0 Å². The molecule has 0 fully saturated rings. The van der Waals surface area contributed by atoms with Crippen LogP contribution in [0.15, 0.2) is 24.3 Å². The number of nitrogens with one attached hydrogen (secondary N) is 2. The predicted octanol–water partition coefficient (Wildman–Crippen LogP) is 1.71. The summed E-state index contributed by atoms with van der Waals surface area (Å²) in [6, 6.07) is 7.98. The molecule has 2 heteroatoms. The SMILES string of the molecule is N=C1[C]Nc2ccccc2C1. The second-order valence-electron chi connectivity index (χ2n) is 2.56. The van der Waals surface area contributed by atoms with Crippen LogP contribution in [0.2, 0.25) is 0 Å². The molecule has 2 rings (SSSR count). The highest BCUT2D eigenvalue weighted by Crippen LogP contribution is 2.20. The van der Waals surface area contributed by atoms with Crippen LogP contribution in [0.4, 0.5) is 5.69 Å². The van der Waals surface area contributed by atoms with Crippen LogP contribution in [0.1, 0.15) is 5.56 Å². The first-order chi connectivity index (χ1) is 5.36. The van der Waals surface area contributed by atoms with E-state index in [2.05, 4.69) is 11.9 Å². The average Bonchev–Trinajstić information content (AvgIpc) is 2.04. The molecule has 2 N–H and O–H groups in total.